The molecular formula is C32H23FN2O9. The lowest BCUT2D eigenvalue weighted by molar-refractivity contribution is -0.0784. The molecule has 1 aliphatic rings. The molecule has 1 aromatic heterocycles. The molecule has 5 rings (SSSR count). The van der Waals surface area contributed by atoms with Crippen molar-refractivity contribution in [1.82, 2.24) is 9.55 Å². The maximum Gasteiger partial charge on any atom is 0.339 e. The number of ether oxygens (including phenoxy) is 4. The van der Waals surface area contributed by atoms with E-state index in [1.54, 1.807) is 59.6 Å². The third-order valence-electron chi connectivity index (χ3n) is 6.75. The molecule has 12 heteroatoms. The zero-order valence-electron chi connectivity index (χ0n) is 23.7. The van der Waals surface area contributed by atoms with Gasteiger partial charge in [-0.25, -0.2) is 19.2 Å². The van der Waals surface area contributed by atoms with E-state index in [1.807, 2.05) is 6.40 Å². The van der Waals surface area contributed by atoms with E-state index < -0.39 is 65.6 Å². The molecule has 222 valence electrons. The molecule has 1 aliphatic heterocycles. The Labute approximate surface area is 250 Å². The van der Waals surface area contributed by atoms with Crippen molar-refractivity contribution >= 4 is 17.9 Å². The highest BCUT2D eigenvalue weighted by Crippen LogP contribution is 2.42. The van der Waals surface area contributed by atoms with Gasteiger partial charge >= 0.3 is 23.6 Å². The van der Waals surface area contributed by atoms with Crippen molar-refractivity contribution in [2.45, 2.75) is 24.0 Å². The average Bonchev–Trinajstić information content (AvgIpc) is 3.34. The quantitative estimate of drug-likeness (QED) is 0.184. The highest BCUT2D eigenvalue weighted by molar-refractivity contribution is 5.91. The minimum absolute atomic E-state index is 0.0347. The van der Waals surface area contributed by atoms with Crippen molar-refractivity contribution in [3.05, 3.63) is 141 Å². The third-order valence-corrected chi connectivity index (χ3v) is 6.75. The maximum atomic E-state index is 14.5. The van der Waals surface area contributed by atoms with Crippen molar-refractivity contribution in [2.75, 3.05) is 6.61 Å². The van der Waals surface area contributed by atoms with Gasteiger partial charge in [-0.2, -0.15) is 4.39 Å². The molecule has 0 spiro atoms. The second kappa shape index (κ2) is 12.6. The summed E-state index contributed by atoms with van der Waals surface area (Å²) in [6.07, 6.45) is -2.88. The van der Waals surface area contributed by atoms with Gasteiger partial charge in [0.1, 0.15) is 14.1 Å². The van der Waals surface area contributed by atoms with Crippen LogP contribution in [0.2, 0.25) is 0 Å². The Kier molecular flexibility index (Phi) is 8.11. The van der Waals surface area contributed by atoms with Crippen LogP contribution in [0.25, 0.3) is 0 Å². The van der Waals surface area contributed by atoms with Gasteiger partial charge in [0, 0.05) is 0 Å². The summed E-state index contributed by atoms with van der Waals surface area (Å²) in [7, 11) is 0. The van der Waals surface area contributed by atoms with E-state index >= 15 is 0 Å². The van der Waals surface area contributed by atoms with Crippen LogP contribution in [-0.4, -0.2) is 51.9 Å². The van der Waals surface area contributed by atoms with Gasteiger partial charge in [0.05, 0.1) is 22.9 Å². The monoisotopic (exact) mass is 599 g/mol. The predicted octanol–water partition coefficient (Wildman–Crippen LogP) is 2.88. The second-order valence-electron chi connectivity index (χ2n) is 9.49. The van der Waals surface area contributed by atoms with Crippen molar-refractivity contribution in [1.29, 1.82) is 0 Å². The van der Waals surface area contributed by atoms with Crippen molar-refractivity contribution in [2.24, 2.45) is 0 Å². The van der Waals surface area contributed by atoms with Gasteiger partial charge in [-0.05, 0) is 36.4 Å². The van der Waals surface area contributed by atoms with E-state index in [2.05, 4.69) is 5.92 Å². The van der Waals surface area contributed by atoms with Crippen LogP contribution in [0.15, 0.2) is 107 Å². The normalized spacial score (nSPS) is 20.8. The zero-order chi connectivity index (χ0) is 32.0. The molecule has 0 radical (unpaired) electrons. The molecule has 1 unspecified atom stereocenters. The van der Waals surface area contributed by atoms with Crippen LogP contribution in [0.4, 0.5) is 4.39 Å². The fourth-order valence-corrected chi connectivity index (χ4v) is 4.56. The first kappa shape index (κ1) is 28.3. The van der Waals surface area contributed by atoms with Gasteiger partial charge in [-0.1, -0.05) is 60.5 Å². The number of halogens is 1. The summed E-state index contributed by atoms with van der Waals surface area (Å²) >= 11 is 0. The minimum atomic E-state index is -2.41. The fourth-order valence-electron chi connectivity index (χ4n) is 4.56. The molecule has 1 fully saturated rings. The number of carbonyl (C=O) groups is 3. The van der Waals surface area contributed by atoms with Crippen LogP contribution in [0.3, 0.4) is 0 Å². The van der Waals surface area contributed by atoms with Crippen molar-refractivity contribution in [3.8, 4) is 12.3 Å². The fraction of sp³-hybridized carbons (Fsp3) is 0.156. The number of aromatic amines is 1. The molecule has 0 bridgehead atoms. The summed E-state index contributed by atoms with van der Waals surface area (Å²) in [6, 6.07) is 23.1. The van der Waals surface area contributed by atoms with Gasteiger partial charge < -0.3 is 18.9 Å². The topological polar surface area (TPSA) is 143 Å². The first-order chi connectivity index (χ1) is 21.7. The predicted molar refractivity (Wildman–Crippen MR) is 151 cm³/mol. The Bertz CT molecular complexity index is 1890. The second-order valence-corrected chi connectivity index (χ2v) is 9.49. The Morgan fingerprint density at radius 1 is 0.909 bits per heavy atom. The lowest BCUT2D eigenvalue weighted by Gasteiger charge is -2.33. The van der Waals surface area contributed by atoms with E-state index in [4.69, 9.17) is 20.3 Å². The van der Waals surface area contributed by atoms with Crippen LogP contribution in [0, 0.1) is 18.1 Å². The molecule has 1 N–H and O–H groups in total. The number of carbonyl (C=O) groups excluding carboxylic acids is 3. The molecule has 4 atom stereocenters. The number of esters is 3. The molecular weight excluding hydrogens is 575 g/mol. The number of hydrogen-bond acceptors (Lipinski definition) is 9. The molecule has 0 saturated carbocycles. The molecule has 11 nitrogen and oxygen atoms in total. The number of terminal acetylenes is 1. The van der Waals surface area contributed by atoms with E-state index in [0.717, 1.165) is 0 Å². The molecule has 3 aromatic carbocycles. The molecule has 0 amide bonds. The first-order valence-corrected chi connectivity index (χ1v) is 13.1. The highest BCUT2D eigenvalue weighted by Gasteiger charge is 2.63. The largest absolute Gasteiger partial charge is 0.459 e. The van der Waals surface area contributed by atoms with E-state index in [-0.39, 0.29) is 16.7 Å². The van der Waals surface area contributed by atoms with Gasteiger partial charge in [0.2, 0.25) is 17.5 Å². The van der Waals surface area contributed by atoms with E-state index in [0.29, 0.717) is 10.8 Å². The maximum absolute atomic E-state index is 14.5. The van der Waals surface area contributed by atoms with Crippen LogP contribution in [-0.2, 0) is 18.9 Å². The molecule has 1 saturated heterocycles. The van der Waals surface area contributed by atoms with Crippen LogP contribution < -0.4 is 11.2 Å². The smallest absolute Gasteiger partial charge is 0.339 e. The summed E-state index contributed by atoms with van der Waals surface area (Å²) in [5.41, 5.74) is -4.67. The van der Waals surface area contributed by atoms with Gasteiger partial charge in [-0.3, -0.25) is 14.3 Å². The van der Waals surface area contributed by atoms with Crippen LogP contribution in [0.5, 0.6) is 0 Å². The third kappa shape index (κ3) is 5.90. The Morgan fingerprint density at radius 2 is 1.45 bits per heavy atom. The number of nitrogens with one attached hydrogen (secondary N) is 1. The number of hydrogen-bond donors (Lipinski definition) is 1. The molecule has 4 aromatic rings. The lowest BCUT2D eigenvalue weighted by atomic mass is 9.92. The first-order valence-electron chi connectivity index (χ1n) is 13.6. The SMILES string of the molecule is [2H]C#C[C@@]1(OC(=O)c2ccccc2)[C@@H](COC(=O)c2ccccc2)OC(n2cc(F)c(=O)[nH]c2=O)[C@@H]1OC(=O)c1ccccc1. The summed E-state index contributed by atoms with van der Waals surface area (Å²) in [5.74, 6) is -1.75. The summed E-state index contributed by atoms with van der Waals surface area (Å²) in [4.78, 5) is 66.2. The molecule has 44 heavy (non-hydrogen) atoms. The van der Waals surface area contributed by atoms with E-state index in [9.17, 15) is 28.4 Å². The van der Waals surface area contributed by atoms with Crippen LogP contribution in [0.1, 0.15) is 38.7 Å². The van der Waals surface area contributed by atoms with Gasteiger partial charge in [0.25, 0.3) is 5.56 Å². The van der Waals surface area contributed by atoms with Crippen molar-refractivity contribution < 1.29 is 39.1 Å². The highest BCUT2D eigenvalue weighted by atomic mass is 19.1. The van der Waals surface area contributed by atoms with Gasteiger partial charge in [0.15, 0.2) is 6.23 Å². The average molecular weight is 600 g/mol. The number of benzene rings is 3. The number of H-pyrrole nitrogens is 1. The van der Waals surface area contributed by atoms with Crippen molar-refractivity contribution in [3.63, 3.8) is 0 Å². The summed E-state index contributed by atoms with van der Waals surface area (Å²) in [6.45, 7) is -0.694. The summed E-state index contributed by atoms with van der Waals surface area (Å²) < 4.78 is 46.0. The molecule has 2 heterocycles. The van der Waals surface area contributed by atoms with Crippen LogP contribution >= 0.6 is 0 Å². The van der Waals surface area contributed by atoms with E-state index in [1.165, 1.54) is 36.4 Å². The number of nitrogens with zero attached hydrogens (tertiary/aromatic N) is 1. The lowest BCUT2D eigenvalue weighted by Crippen LogP contribution is -2.54. The number of aromatic nitrogens is 2. The standard InChI is InChI=1S/C32H23FN2O9/c1-2-32(44-30(39)22-16-10-5-11-17-22)24(19-41-28(37)20-12-6-3-7-13-20)42-27(35-18-23(33)26(36)34-31(35)40)25(32)43-29(38)21-14-8-4-9-15-21/h1,3-18,24-25,27H,19H2,(H,34,36,40)/t24-,25+,27?,32-/m1/s1/i1D. The Balaban J connectivity index is 1.64. The summed E-state index contributed by atoms with van der Waals surface area (Å²) in [5, 5.41) is 0. The Morgan fingerprint density at radius 3 is 2.02 bits per heavy atom. The minimum Gasteiger partial charge on any atom is -0.459 e. The zero-order valence-corrected chi connectivity index (χ0v) is 22.7. The molecule has 0 aliphatic carbocycles. The Hall–Kier alpha value is -5.80. The van der Waals surface area contributed by atoms with Gasteiger partial charge in [-0.15, -0.1) is 6.40 Å². The number of rotatable bonds is 8.